The number of hydrogen-bond acceptors (Lipinski definition) is 4. The van der Waals surface area contributed by atoms with Crippen molar-refractivity contribution in [2.45, 2.75) is 87.7 Å². The number of halogens is 4. The summed E-state index contributed by atoms with van der Waals surface area (Å²) in [5, 5.41) is 5.18. The van der Waals surface area contributed by atoms with Crippen molar-refractivity contribution in [3.63, 3.8) is 0 Å². The summed E-state index contributed by atoms with van der Waals surface area (Å²) in [4.78, 5) is 24.3. The Balaban J connectivity index is 2.06. The van der Waals surface area contributed by atoms with E-state index in [2.05, 4.69) is 38.2 Å². The van der Waals surface area contributed by atoms with Crippen LogP contribution in [0.3, 0.4) is 0 Å². The van der Waals surface area contributed by atoms with Gasteiger partial charge in [-0.05, 0) is 29.7 Å². The molecular weight excluding hydrogens is 589 g/mol. The fraction of sp³-hybridized carbons (Fsp3) is 0.600. The molecule has 224 valence electrons. The van der Waals surface area contributed by atoms with E-state index in [9.17, 15) is 22.8 Å². The molecule has 2 rings (SSSR count). The Bertz CT molecular complexity index is 985. The summed E-state index contributed by atoms with van der Waals surface area (Å²) in [6.07, 6.45) is 6.84. The molecule has 6 nitrogen and oxygen atoms in total. The minimum absolute atomic E-state index is 0.0535. The normalized spacial score (nSPS) is 19.0. The second kappa shape index (κ2) is 17.5. The number of benzene rings is 1. The van der Waals surface area contributed by atoms with Gasteiger partial charge in [0.2, 0.25) is 0 Å². The molecule has 0 spiro atoms. The lowest BCUT2D eigenvalue weighted by Crippen LogP contribution is -2.52. The Morgan fingerprint density at radius 3 is 2.10 bits per heavy atom. The molecule has 0 aliphatic heterocycles. The van der Waals surface area contributed by atoms with Gasteiger partial charge in [0.15, 0.2) is 4.32 Å². The summed E-state index contributed by atoms with van der Waals surface area (Å²) in [5.41, 5.74) is 0.613. The van der Waals surface area contributed by atoms with Gasteiger partial charge in [-0.1, -0.05) is 111 Å². The lowest BCUT2D eigenvalue weighted by atomic mass is 9.83. The van der Waals surface area contributed by atoms with E-state index in [-0.39, 0.29) is 24.3 Å². The third-order valence-electron chi connectivity index (χ3n) is 6.80. The summed E-state index contributed by atoms with van der Waals surface area (Å²) in [5.74, 6) is -0.566. The molecule has 0 radical (unpaired) electrons. The van der Waals surface area contributed by atoms with Gasteiger partial charge in [0, 0.05) is 18.7 Å². The van der Waals surface area contributed by atoms with Gasteiger partial charge in [-0.2, -0.15) is 13.2 Å². The molecule has 0 saturated heterocycles. The molecule has 2 N–H and O–H groups in total. The van der Waals surface area contributed by atoms with E-state index in [0.717, 1.165) is 31.8 Å². The van der Waals surface area contributed by atoms with Crippen LogP contribution in [0, 0.1) is 0 Å². The molecule has 0 aromatic heterocycles. The molecule has 40 heavy (non-hydrogen) atoms. The van der Waals surface area contributed by atoms with Crippen molar-refractivity contribution in [2.75, 3.05) is 26.8 Å². The van der Waals surface area contributed by atoms with Gasteiger partial charge in [0.1, 0.15) is 6.10 Å². The number of alkyl halides is 4. The van der Waals surface area contributed by atoms with Crippen LogP contribution in [-0.4, -0.2) is 55.4 Å². The van der Waals surface area contributed by atoms with Crippen molar-refractivity contribution in [2.24, 2.45) is 0 Å². The summed E-state index contributed by atoms with van der Waals surface area (Å²) in [7, 11) is 1.19. The predicted octanol–water partition coefficient (Wildman–Crippen LogP) is 7.48. The van der Waals surface area contributed by atoms with Crippen LogP contribution in [0.1, 0.15) is 76.7 Å². The number of methoxy groups -OCH3 is 1. The van der Waals surface area contributed by atoms with E-state index >= 15 is 0 Å². The highest BCUT2D eigenvalue weighted by atomic mass is 79.9. The zero-order valence-corrected chi connectivity index (χ0v) is 25.0. The maximum Gasteiger partial charge on any atom is 0.410 e. The quantitative estimate of drug-likeness (QED) is 0.138. The number of carbonyl (C=O) groups excluding carboxylic acids is 2. The lowest BCUT2D eigenvalue weighted by Gasteiger charge is -2.39. The first-order valence-electron chi connectivity index (χ1n) is 14.1. The monoisotopic (exact) mass is 630 g/mol. The third kappa shape index (κ3) is 10.6. The Kier molecular flexibility index (Phi) is 14.8. The van der Waals surface area contributed by atoms with E-state index in [1.807, 2.05) is 0 Å². The Labute approximate surface area is 244 Å². The van der Waals surface area contributed by atoms with Crippen LogP contribution in [0.2, 0.25) is 0 Å². The lowest BCUT2D eigenvalue weighted by molar-refractivity contribution is -0.166. The third-order valence-corrected chi connectivity index (χ3v) is 7.90. The van der Waals surface area contributed by atoms with Gasteiger partial charge in [0.05, 0.1) is 13.7 Å². The first-order valence-corrected chi connectivity index (χ1v) is 14.9. The standard InChI is InChI=1S/C30H42BrF3N2O4/c1-3-4-5-6-7-8-9-10-11-15-18-35-27(37)24-21-25(23-16-13-12-14-17-23)26(29(31,22-24)30(32,33)34)40-20-19-36-28(38)39-2/h12-14,16-17,21-22,26H,3-11,15,18-20H2,1-2H3,(H,35,37)(H,36,38). The van der Waals surface area contributed by atoms with E-state index < -0.39 is 28.6 Å². The zero-order valence-electron chi connectivity index (χ0n) is 23.5. The molecular formula is C30H42BrF3N2O4. The maximum absolute atomic E-state index is 14.5. The smallest absolute Gasteiger partial charge is 0.410 e. The molecule has 0 fully saturated rings. The summed E-state index contributed by atoms with van der Waals surface area (Å²) < 4.78 is 51.1. The molecule has 0 heterocycles. The zero-order chi connectivity index (χ0) is 29.4. The number of hydrogen-bond donors (Lipinski definition) is 2. The Morgan fingerprint density at radius 1 is 0.925 bits per heavy atom. The number of nitrogens with one attached hydrogen (secondary N) is 2. The predicted molar refractivity (Wildman–Crippen MR) is 155 cm³/mol. The summed E-state index contributed by atoms with van der Waals surface area (Å²) >= 11 is 2.90. The molecule has 0 bridgehead atoms. The van der Waals surface area contributed by atoms with Crippen molar-refractivity contribution in [1.82, 2.24) is 10.6 Å². The summed E-state index contributed by atoms with van der Waals surface area (Å²) in [6, 6.07) is 8.51. The molecule has 2 atom stereocenters. The van der Waals surface area contributed by atoms with Crippen molar-refractivity contribution in [3.05, 3.63) is 53.6 Å². The van der Waals surface area contributed by atoms with Crippen LogP contribution >= 0.6 is 15.9 Å². The Morgan fingerprint density at radius 2 is 1.52 bits per heavy atom. The Hall–Kier alpha value is -2.33. The van der Waals surface area contributed by atoms with Crippen LogP contribution in [0.15, 0.2) is 48.1 Å². The average molecular weight is 632 g/mol. The number of amides is 2. The van der Waals surface area contributed by atoms with Crippen molar-refractivity contribution >= 4 is 33.5 Å². The number of unbranched alkanes of at least 4 members (excludes halogenated alkanes) is 9. The molecule has 1 aromatic carbocycles. The fourth-order valence-electron chi connectivity index (χ4n) is 4.57. The number of ether oxygens (including phenoxy) is 2. The molecule has 1 aliphatic rings. The van der Waals surface area contributed by atoms with Crippen molar-refractivity contribution in [1.29, 1.82) is 0 Å². The van der Waals surface area contributed by atoms with E-state index in [1.54, 1.807) is 30.3 Å². The maximum atomic E-state index is 14.5. The average Bonchev–Trinajstić information content (AvgIpc) is 2.94. The SMILES string of the molecule is CCCCCCCCCCCCNC(=O)C1=CC(Br)(C(F)(F)F)C(OCCNC(=O)OC)C(c2ccccc2)=C1. The minimum Gasteiger partial charge on any atom is -0.453 e. The number of carbonyl (C=O) groups is 2. The van der Waals surface area contributed by atoms with Crippen LogP contribution in [0.25, 0.3) is 5.57 Å². The van der Waals surface area contributed by atoms with Gasteiger partial charge < -0.3 is 20.1 Å². The molecule has 2 unspecified atom stereocenters. The van der Waals surface area contributed by atoms with Gasteiger partial charge in [-0.15, -0.1) is 0 Å². The van der Waals surface area contributed by atoms with Gasteiger partial charge in [-0.3, -0.25) is 4.79 Å². The van der Waals surface area contributed by atoms with Gasteiger partial charge >= 0.3 is 12.3 Å². The highest BCUT2D eigenvalue weighted by Gasteiger charge is 2.60. The molecule has 0 saturated carbocycles. The number of rotatable bonds is 17. The largest absolute Gasteiger partial charge is 0.453 e. The van der Waals surface area contributed by atoms with Gasteiger partial charge in [0.25, 0.3) is 5.91 Å². The topological polar surface area (TPSA) is 76.7 Å². The van der Waals surface area contributed by atoms with E-state index in [1.165, 1.54) is 51.7 Å². The van der Waals surface area contributed by atoms with Crippen LogP contribution < -0.4 is 10.6 Å². The molecule has 1 aliphatic carbocycles. The molecule has 10 heteroatoms. The minimum atomic E-state index is -4.79. The van der Waals surface area contributed by atoms with E-state index in [4.69, 9.17) is 4.74 Å². The van der Waals surface area contributed by atoms with E-state index in [0.29, 0.717) is 12.1 Å². The first-order chi connectivity index (χ1) is 19.1. The van der Waals surface area contributed by atoms with Crippen LogP contribution in [-0.2, 0) is 14.3 Å². The molecule has 2 amide bonds. The van der Waals surface area contributed by atoms with Gasteiger partial charge in [-0.25, -0.2) is 4.79 Å². The highest BCUT2D eigenvalue weighted by Crippen LogP contribution is 2.50. The van der Waals surface area contributed by atoms with Crippen molar-refractivity contribution < 1.29 is 32.2 Å². The van der Waals surface area contributed by atoms with Crippen LogP contribution in [0.4, 0.5) is 18.0 Å². The molecule has 1 aromatic rings. The second-order valence-electron chi connectivity index (χ2n) is 9.94. The summed E-state index contributed by atoms with van der Waals surface area (Å²) in [6.45, 7) is 2.33. The first kappa shape index (κ1) is 33.9. The fourth-order valence-corrected chi connectivity index (χ4v) is 5.19. The van der Waals surface area contributed by atoms with Crippen LogP contribution in [0.5, 0.6) is 0 Å². The van der Waals surface area contributed by atoms with Crippen molar-refractivity contribution in [3.8, 4) is 0 Å². The highest BCUT2D eigenvalue weighted by molar-refractivity contribution is 9.10. The second-order valence-corrected chi connectivity index (χ2v) is 11.3. The number of alkyl carbamates (subject to hydrolysis) is 1.